The Morgan fingerprint density at radius 2 is 2.21 bits per heavy atom. The lowest BCUT2D eigenvalue weighted by atomic mass is 10.1. The summed E-state index contributed by atoms with van der Waals surface area (Å²) in [5.41, 5.74) is 6.09. The standard InChI is InChI=1S/C15H22N2O2/c1-11(2)9-19-13-5-3-4-12(8-13)17-14(18)15(10-16)6-7-15/h3-5,8,11H,6-7,9-10,16H2,1-2H3,(H,17,18). The first kappa shape index (κ1) is 13.9. The quantitative estimate of drug-likeness (QED) is 0.827. The molecule has 4 heteroatoms. The smallest absolute Gasteiger partial charge is 0.231 e. The molecule has 1 aromatic carbocycles. The second-order valence-corrected chi connectivity index (χ2v) is 5.67. The number of amides is 1. The average molecular weight is 262 g/mol. The van der Waals surface area contributed by atoms with Crippen molar-refractivity contribution in [3.05, 3.63) is 24.3 Å². The van der Waals surface area contributed by atoms with E-state index in [0.717, 1.165) is 24.3 Å². The highest BCUT2D eigenvalue weighted by atomic mass is 16.5. The second-order valence-electron chi connectivity index (χ2n) is 5.67. The van der Waals surface area contributed by atoms with Crippen LogP contribution in [0.5, 0.6) is 5.75 Å². The number of carbonyl (C=O) groups is 1. The van der Waals surface area contributed by atoms with Gasteiger partial charge in [-0.1, -0.05) is 19.9 Å². The summed E-state index contributed by atoms with van der Waals surface area (Å²) in [7, 11) is 0. The van der Waals surface area contributed by atoms with Gasteiger partial charge in [0.15, 0.2) is 0 Å². The Morgan fingerprint density at radius 1 is 1.47 bits per heavy atom. The highest BCUT2D eigenvalue weighted by molar-refractivity contribution is 5.97. The van der Waals surface area contributed by atoms with E-state index in [1.165, 1.54) is 0 Å². The summed E-state index contributed by atoms with van der Waals surface area (Å²) in [5.74, 6) is 1.28. The zero-order chi connectivity index (χ0) is 13.9. The van der Waals surface area contributed by atoms with E-state index in [1.807, 2.05) is 24.3 Å². The molecule has 104 valence electrons. The fourth-order valence-electron chi connectivity index (χ4n) is 1.86. The molecule has 0 aliphatic heterocycles. The maximum atomic E-state index is 12.1. The van der Waals surface area contributed by atoms with E-state index < -0.39 is 0 Å². The largest absolute Gasteiger partial charge is 0.493 e. The Morgan fingerprint density at radius 3 is 2.79 bits per heavy atom. The van der Waals surface area contributed by atoms with Crippen molar-refractivity contribution in [3.8, 4) is 5.75 Å². The van der Waals surface area contributed by atoms with Crippen LogP contribution in [0, 0.1) is 11.3 Å². The molecule has 0 aromatic heterocycles. The normalized spacial score (nSPS) is 16.2. The van der Waals surface area contributed by atoms with Gasteiger partial charge in [-0.3, -0.25) is 4.79 Å². The van der Waals surface area contributed by atoms with Gasteiger partial charge in [-0.25, -0.2) is 0 Å². The summed E-state index contributed by atoms with van der Waals surface area (Å²) in [4.78, 5) is 12.1. The van der Waals surface area contributed by atoms with E-state index in [-0.39, 0.29) is 11.3 Å². The van der Waals surface area contributed by atoms with Gasteiger partial charge in [-0.2, -0.15) is 0 Å². The number of nitrogens with one attached hydrogen (secondary N) is 1. The maximum absolute atomic E-state index is 12.1. The van der Waals surface area contributed by atoms with Crippen LogP contribution in [0.25, 0.3) is 0 Å². The van der Waals surface area contributed by atoms with Gasteiger partial charge in [0.2, 0.25) is 5.91 Å². The topological polar surface area (TPSA) is 64.3 Å². The molecular weight excluding hydrogens is 240 g/mol. The summed E-state index contributed by atoms with van der Waals surface area (Å²) in [6.07, 6.45) is 1.78. The van der Waals surface area contributed by atoms with E-state index in [2.05, 4.69) is 19.2 Å². The maximum Gasteiger partial charge on any atom is 0.231 e. The fourth-order valence-corrected chi connectivity index (χ4v) is 1.86. The summed E-state index contributed by atoms with van der Waals surface area (Å²) in [5, 5.41) is 2.92. The Kier molecular flexibility index (Phi) is 4.10. The molecule has 1 aromatic rings. The van der Waals surface area contributed by atoms with Crippen LogP contribution in [0.4, 0.5) is 5.69 Å². The molecule has 1 aliphatic rings. The third-order valence-corrected chi connectivity index (χ3v) is 3.40. The average Bonchev–Trinajstić information content (AvgIpc) is 3.18. The predicted molar refractivity (Wildman–Crippen MR) is 76.1 cm³/mol. The number of anilines is 1. The van der Waals surface area contributed by atoms with Gasteiger partial charge in [-0.15, -0.1) is 0 Å². The molecule has 1 fully saturated rings. The molecular formula is C15H22N2O2. The van der Waals surface area contributed by atoms with Crippen LogP contribution in [-0.4, -0.2) is 19.1 Å². The molecule has 1 saturated carbocycles. The molecule has 0 atom stereocenters. The molecule has 3 N–H and O–H groups in total. The Hall–Kier alpha value is -1.55. The fraction of sp³-hybridized carbons (Fsp3) is 0.533. The minimum atomic E-state index is -0.325. The Labute approximate surface area is 114 Å². The first-order valence-corrected chi connectivity index (χ1v) is 6.80. The van der Waals surface area contributed by atoms with Crippen molar-refractivity contribution in [2.75, 3.05) is 18.5 Å². The number of nitrogens with two attached hydrogens (primary N) is 1. The third kappa shape index (κ3) is 3.47. The number of ether oxygens (including phenoxy) is 1. The van der Waals surface area contributed by atoms with Crippen molar-refractivity contribution in [2.24, 2.45) is 17.1 Å². The molecule has 1 aliphatic carbocycles. The van der Waals surface area contributed by atoms with E-state index in [4.69, 9.17) is 10.5 Å². The van der Waals surface area contributed by atoms with Crippen molar-refractivity contribution in [1.29, 1.82) is 0 Å². The lowest BCUT2D eigenvalue weighted by Crippen LogP contribution is -2.30. The molecule has 0 bridgehead atoms. The Bertz CT molecular complexity index is 453. The number of rotatable bonds is 6. The molecule has 1 amide bonds. The van der Waals surface area contributed by atoms with Crippen molar-refractivity contribution >= 4 is 11.6 Å². The van der Waals surface area contributed by atoms with Gasteiger partial charge in [0.05, 0.1) is 12.0 Å². The molecule has 0 unspecified atom stereocenters. The molecule has 19 heavy (non-hydrogen) atoms. The van der Waals surface area contributed by atoms with Crippen LogP contribution >= 0.6 is 0 Å². The summed E-state index contributed by atoms with van der Waals surface area (Å²) in [6.45, 7) is 5.29. The molecule has 0 heterocycles. The van der Waals surface area contributed by atoms with Crippen LogP contribution in [0.3, 0.4) is 0 Å². The number of hydrogen-bond donors (Lipinski definition) is 2. The summed E-state index contributed by atoms with van der Waals surface area (Å²) < 4.78 is 5.64. The van der Waals surface area contributed by atoms with Crippen LogP contribution in [-0.2, 0) is 4.79 Å². The first-order chi connectivity index (χ1) is 9.05. The van der Waals surface area contributed by atoms with Crippen LogP contribution in [0.1, 0.15) is 26.7 Å². The van der Waals surface area contributed by atoms with Crippen molar-refractivity contribution in [3.63, 3.8) is 0 Å². The van der Waals surface area contributed by atoms with Gasteiger partial charge >= 0.3 is 0 Å². The highest BCUT2D eigenvalue weighted by Crippen LogP contribution is 2.45. The molecule has 4 nitrogen and oxygen atoms in total. The zero-order valence-corrected chi connectivity index (χ0v) is 11.6. The minimum absolute atomic E-state index is 0.0241. The van der Waals surface area contributed by atoms with Crippen molar-refractivity contribution in [1.82, 2.24) is 0 Å². The third-order valence-electron chi connectivity index (χ3n) is 3.40. The molecule has 0 radical (unpaired) electrons. The van der Waals surface area contributed by atoms with Crippen LogP contribution < -0.4 is 15.8 Å². The molecule has 0 spiro atoms. The van der Waals surface area contributed by atoms with E-state index >= 15 is 0 Å². The van der Waals surface area contributed by atoms with Crippen LogP contribution in [0.15, 0.2) is 24.3 Å². The van der Waals surface area contributed by atoms with Crippen molar-refractivity contribution < 1.29 is 9.53 Å². The molecule has 0 saturated heterocycles. The van der Waals surface area contributed by atoms with Gasteiger partial charge < -0.3 is 15.8 Å². The van der Waals surface area contributed by atoms with Gasteiger partial charge in [0.25, 0.3) is 0 Å². The first-order valence-electron chi connectivity index (χ1n) is 6.80. The monoisotopic (exact) mass is 262 g/mol. The number of benzene rings is 1. The van der Waals surface area contributed by atoms with Crippen LogP contribution in [0.2, 0.25) is 0 Å². The molecule has 2 rings (SSSR count). The van der Waals surface area contributed by atoms with E-state index in [1.54, 1.807) is 0 Å². The van der Waals surface area contributed by atoms with E-state index in [0.29, 0.717) is 19.1 Å². The zero-order valence-electron chi connectivity index (χ0n) is 11.6. The lowest BCUT2D eigenvalue weighted by Gasteiger charge is -2.14. The van der Waals surface area contributed by atoms with Gasteiger partial charge in [0, 0.05) is 18.3 Å². The minimum Gasteiger partial charge on any atom is -0.493 e. The lowest BCUT2D eigenvalue weighted by molar-refractivity contribution is -0.120. The summed E-state index contributed by atoms with van der Waals surface area (Å²) >= 11 is 0. The van der Waals surface area contributed by atoms with Gasteiger partial charge in [0.1, 0.15) is 5.75 Å². The predicted octanol–water partition coefficient (Wildman–Crippen LogP) is 2.40. The van der Waals surface area contributed by atoms with Gasteiger partial charge in [-0.05, 0) is 30.9 Å². The number of hydrogen-bond acceptors (Lipinski definition) is 3. The Balaban J connectivity index is 1.97. The number of carbonyl (C=O) groups excluding carboxylic acids is 1. The SMILES string of the molecule is CC(C)COc1cccc(NC(=O)C2(CN)CC2)c1. The summed E-state index contributed by atoms with van der Waals surface area (Å²) in [6, 6.07) is 7.50. The second kappa shape index (κ2) is 5.61. The highest BCUT2D eigenvalue weighted by Gasteiger charge is 2.48. The van der Waals surface area contributed by atoms with E-state index in [9.17, 15) is 4.79 Å². The van der Waals surface area contributed by atoms with Crippen molar-refractivity contribution in [2.45, 2.75) is 26.7 Å².